The van der Waals surface area contributed by atoms with Gasteiger partial charge in [-0.3, -0.25) is 0 Å². The smallest absolute Gasteiger partial charge is 0.192 e. The number of hydrogen-bond donors (Lipinski definition) is 1. The van der Waals surface area contributed by atoms with Gasteiger partial charge in [0.1, 0.15) is 18.2 Å². The van der Waals surface area contributed by atoms with E-state index < -0.39 is 8.32 Å². The highest BCUT2D eigenvalue weighted by Gasteiger charge is 2.38. The van der Waals surface area contributed by atoms with Crippen molar-refractivity contribution in [2.24, 2.45) is 5.41 Å². The minimum Gasteiger partial charge on any atom is -0.489 e. The number of ether oxygens (including phenoxy) is 1. The molecule has 0 aromatic heterocycles. The van der Waals surface area contributed by atoms with Crippen LogP contribution in [0, 0.1) is 30.0 Å². The van der Waals surface area contributed by atoms with Gasteiger partial charge < -0.3 is 14.5 Å². The first-order valence-corrected chi connectivity index (χ1v) is 15.7. The lowest BCUT2D eigenvalue weighted by Gasteiger charge is -2.38. The number of benzene rings is 3. The van der Waals surface area contributed by atoms with E-state index in [4.69, 9.17) is 9.16 Å². The molecule has 0 heterocycles. The largest absolute Gasteiger partial charge is 0.489 e. The van der Waals surface area contributed by atoms with Crippen LogP contribution in [0.3, 0.4) is 0 Å². The second kappa shape index (κ2) is 11.5. The summed E-state index contributed by atoms with van der Waals surface area (Å²) >= 11 is 0. The highest BCUT2D eigenvalue weighted by molar-refractivity contribution is 6.74. The van der Waals surface area contributed by atoms with Crippen molar-refractivity contribution in [1.82, 2.24) is 0 Å². The van der Waals surface area contributed by atoms with Gasteiger partial charge in [-0.1, -0.05) is 62.9 Å². The molecular weight excluding hydrogens is 477 g/mol. The van der Waals surface area contributed by atoms with Gasteiger partial charge in [0.05, 0.1) is 11.3 Å². The molecule has 0 aliphatic carbocycles. The zero-order chi connectivity index (χ0) is 27.3. The lowest BCUT2D eigenvalue weighted by Crippen LogP contribution is -2.42. The highest BCUT2D eigenvalue weighted by Crippen LogP contribution is 2.37. The average molecular weight is 518 g/mol. The SMILES string of the molecule is Cc1cc(Nc2ccc(OCc3ccccc3)cc2C#CC(C)(C)CO[Si](C)(C)C(C)(C)C)ccc1F. The second-order valence-corrected chi connectivity index (χ2v) is 16.6. The third-order valence-electron chi connectivity index (χ3n) is 6.81. The fourth-order valence-corrected chi connectivity index (χ4v) is 4.45. The van der Waals surface area contributed by atoms with Gasteiger partial charge in [0, 0.05) is 17.7 Å². The molecule has 37 heavy (non-hydrogen) atoms. The summed E-state index contributed by atoms with van der Waals surface area (Å²) in [4.78, 5) is 0. The van der Waals surface area contributed by atoms with Crippen molar-refractivity contribution in [3.63, 3.8) is 0 Å². The fraction of sp³-hybridized carbons (Fsp3) is 0.375. The fourth-order valence-electron chi connectivity index (χ4n) is 3.29. The Morgan fingerprint density at radius 3 is 2.27 bits per heavy atom. The Kier molecular flexibility index (Phi) is 8.89. The molecule has 0 amide bonds. The number of halogens is 1. The summed E-state index contributed by atoms with van der Waals surface area (Å²) in [5.41, 5.74) is 3.81. The molecule has 3 nitrogen and oxygen atoms in total. The van der Waals surface area contributed by atoms with Gasteiger partial charge in [-0.15, -0.1) is 0 Å². The summed E-state index contributed by atoms with van der Waals surface area (Å²) in [5.74, 6) is 7.34. The standard InChI is InChI=1S/C32H40FNO2Si/c1-24-20-27(14-16-29(24)33)34-30-17-15-28(35-22-25-12-10-9-11-13-25)21-26(30)18-19-32(5,6)23-36-37(7,8)31(2,3)4/h9-17,20-21,34H,22-23H2,1-8H3. The number of anilines is 2. The minimum absolute atomic E-state index is 0.144. The first-order valence-electron chi connectivity index (χ1n) is 12.8. The molecule has 3 rings (SSSR count). The van der Waals surface area contributed by atoms with Gasteiger partial charge in [0.2, 0.25) is 0 Å². The van der Waals surface area contributed by atoms with E-state index in [1.54, 1.807) is 19.1 Å². The molecule has 0 radical (unpaired) electrons. The van der Waals surface area contributed by atoms with Crippen LogP contribution in [0.1, 0.15) is 51.3 Å². The van der Waals surface area contributed by atoms with Crippen LogP contribution in [0.25, 0.3) is 0 Å². The van der Waals surface area contributed by atoms with Gasteiger partial charge >= 0.3 is 0 Å². The molecule has 3 aromatic rings. The van der Waals surface area contributed by atoms with Gasteiger partial charge in [-0.05, 0) is 86.4 Å². The van der Waals surface area contributed by atoms with E-state index >= 15 is 0 Å². The molecule has 3 aromatic carbocycles. The Bertz CT molecular complexity index is 1270. The molecule has 0 unspecified atom stereocenters. The van der Waals surface area contributed by atoms with Crippen molar-refractivity contribution in [2.75, 3.05) is 11.9 Å². The van der Waals surface area contributed by atoms with E-state index in [-0.39, 0.29) is 16.3 Å². The highest BCUT2D eigenvalue weighted by atomic mass is 28.4. The first-order chi connectivity index (χ1) is 17.3. The van der Waals surface area contributed by atoms with E-state index in [2.05, 4.69) is 64.9 Å². The van der Waals surface area contributed by atoms with E-state index in [0.717, 1.165) is 28.3 Å². The van der Waals surface area contributed by atoms with Crippen LogP contribution in [-0.2, 0) is 11.0 Å². The van der Waals surface area contributed by atoms with Crippen molar-refractivity contribution in [1.29, 1.82) is 0 Å². The minimum atomic E-state index is -1.88. The van der Waals surface area contributed by atoms with Gasteiger partial charge in [0.25, 0.3) is 0 Å². The molecule has 0 fully saturated rings. The van der Waals surface area contributed by atoms with Crippen LogP contribution < -0.4 is 10.1 Å². The van der Waals surface area contributed by atoms with Crippen molar-refractivity contribution in [3.8, 4) is 17.6 Å². The Morgan fingerprint density at radius 1 is 0.919 bits per heavy atom. The lowest BCUT2D eigenvalue weighted by atomic mass is 9.95. The molecule has 0 saturated carbocycles. The maximum atomic E-state index is 13.8. The topological polar surface area (TPSA) is 30.5 Å². The predicted molar refractivity (Wildman–Crippen MR) is 155 cm³/mol. The Labute approximate surface area is 223 Å². The Morgan fingerprint density at radius 2 is 1.62 bits per heavy atom. The number of nitrogens with one attached hydrogen (secondary N) is 1. The first kappa shape index (κ1) is 28.5. The summed E-state index contributed by atoms with van der Waals surface area (Å²) in [5, 5.41) is 3.55. The van der Waals surface area contributed by atoms with Crippen LogP contribution >= 0.6 is 0 Å². The molecule has 0 atom stereocenters. The Balaban J connectivity index is 1.87. The molecule has 1 N–H and O–H groups in total. The maximum Gasteiger partial charge on any atom is 0.192 e. The van der Waals surface area contributed by atoms with Crippen LogP contribution in [0.5, 0.6) is 5.75 Å². The summed E-state index contributed by atoms with van der Waals surface area (Å²) in [6.07, 6.45) is 0. The zero-order valence-corrected chi connectivity index (χ0v) is 24.5. The van der Waals surface area contributed by atoms with Crippen LogP contribution in [-0.4, -0.2) is 14.9 Å². The lowest BCUT2D eigenvalue weighted by molar-refractivity contribution is 0.209. The molecule has 0 aliphatic heterocycles. The van der Waals surface area contributed by atoms with Crippen LogP contribution in [0.2, 0.25) is 18.1 Å². The number of hydrogen-bond acceptors (Lipinski definition) is 3. The van der Waals surface area contributed by atoms with Crippen molar-refractivity contribution in [2.45, 2.75) is 66.3 Å². The normalized spacial score (nSPS) is 12.0. The van der Waals surface area contributed by atoms with Crippen molar-refractivity contribution >= 4 is 19.7 Å². The summed E-state index contributed by atoms with van der Waals surface area (Å²) in [6.45, 7) is 18.3. The van der Waals surface area contributed by atoms with E-state index in [0.29, 0.717) is 18.8 Å². The maximum absolute atomic E-state index is 13.8. The molecule has 0 spiro atoms. The third kappa shape index (κ3) is 8.21. The van der Waals surface area contributed by atoms with E-state index in [1.165, 1.54) is 6.07 Å². The molecule has 196 valence electrons. The monoisotopic (exact) mass is 517 g/mol. The summed E-state index contributed by atoms with van der Waals surface area (Å²) in [6, 6.07) is 20.9. The quantitative estimate of drug-likeness (QED) is 0.239. The van der Waals surface area contributed by atoms with Gasteiger partial charge in [-0.2, -0.15) is 0 Å². The third-order valence-corrected chi connectivity index (χ3v) is 11.3. The number of aryl methyl sites for hydroxylation is 1. The second-order valence-electron chi connectivity index (χ2n) is 11.8. The summed E-state index contributed by atoms with van der Waals surface area (Å²) in [7, 11) is -1.88. The average Bonchev–Trinajstić information content (AvgIpc) is 2.83. The predicted octanol–water partition coefficient (Wildman–Crippen LogP) is 8.86. The zero-order valence-electron chi connectivity index (χ0n) is 23.5. The van der Waals surface area contributed by atoms with Crippen LogP contribution in [0.15, 0.2) is 66.7 Å². The van der Waals surface area contributed by atoms with E-state index in [1.807, 2.05) is 48.5 Å². The number of rotatable bonds is 8. The van der Waals surface area contributed by atoms with Gasteiger partial charge in [0.15, 0.2) is 8.32 Å². The Hall–Kier alpha value is -3.07. The van der Waals surface area contributed by atoms with E-state index in [9.17, 15) is 4.39 Å². The van der Waals surface area contributed by atoms with Crippen molar-refractivity contribution < 1.29 is 13.6 Å². The molecular formula is C32H40FNO2Si. The molecule has 0 bridgehead atoms. The van der Waals surface area contributed by atoms with Crippen LogP contribution in [0.4, 0.5) is 15.8 Å². The molecule has 5 heteroatoms. The molecule has 0 aliphatic rings. The van der Waals surface area contributed by atoms with Crippen molar-refractivity contribution in [3.05, 3.63) is 89.2 Å². The summed E-state index contributed by atoms with van der Waals surface area (Å²) < 4.78 is 26.3. The molecule has 0 saturated heterocycles. The van der Waals surface area contributed by atoms with Gasteiger partial charge in [-0.25, -0.2) is 4.39 Å².